The summed E-state index contributed by atoms with van der Waals surface area (Å²) in [6, 6.07) is 12.7. The Morgan fingerprint density at radius 1 is 1.14 bits per heavy atom. The van der Waals surface area contributed by atoms with Gasteiger partial charge in [0.1, 0.15) is 17.9 Å². The van der Waals surface area contributed by atoms with E-state index in [2.05, 4.69) is 5.32 Å². The van der Waals surface area contributed by atoms with E-state index >= 15 is 0 Å². The number of rotatable bonds is 5. The maximum absolute atomic E-state index is 12.8. The second-order valence-corrected chi connectivity index (χ2v) is 10.2. The van der Waals surface area contributed by atoms with Crippen molar-refractivity contribution >= 4 is 21.6 Å². The lowest BCUT2D eigenvalue weighted by Crippen LogP contribution is -2.45. The molecule has 7 heteroatoms. The highest BCUT2D eigenvalue weighted by Gasteiger charge is 2.35. The second kappa shape index (κ2) is 7.71. The van der Waals surface area contributed by atoms with Crippen molar-refractivity contribution in [3.05, 3.63) is 59.2 Å². The maximum atomic E-state index is 12.8. The number of benzene rings is 2. The van der Waals surface area contributed by atoms with Crippen molar-refractivity contribution in [2.75, 3.05) is 17.1 Å². The molecule has 156 valence electrons. The van der Waals surface area contributed by atoms with Gasteiger partial charge in [-0.15, -0.1) is 0 Å². The summed E-state index contributed by atoms with van der Waals surface area (Å²) >= 11 is 0. The molecular formula is C22H28N2O4S. The smallest absolute Gasteiger partial charge is 0.241 e. The molecule has 2 aromatic rings. The lowest BCUT2D eigenvalue weighted by Gasteiger charge is -2.38. The minimum absolute atomic E-state index is 0.249. The number of amides is 1. The molecule has 1 atom stereocenters. The summed E-state index contributed by atoms with van der Waals surface area (Å²) in [5.41, 5.74) is 3.03. The van der Waals surface area contributed by atoms with Crippen LogP contribution in [-0.2, 0) is 14.8 Å². The molecule has 29 heavy (non-hydrogen) atoms. The van der Waals surface area contributed by atoms with Crippen LogP contribution >= 0.6 is 0 Å². The van der Waals surface area contributed by atoms with Gasteiger partial charge in [-0.1, -0.05) is 29.8 Å². The summed E-state index contributed by atoms with van der Waals surface area (Å²) in [4.78, 5) is 12.8. The number of sulfonamides is 1. The number of aryl methyl sites for hydroxylation is 2. The third-order valence-corrected chi connectivity index (χ3v) is 6.11. The topological polar surface area (TPSA) is 75.7 Å². The molecule has 0 radical (unpaired) electrons. The number of hydrogen-bond acceptors (Lipinski definition) is 4. The van der Waals surface area contributed by atoms with Crippen LogP contribution in [-0.4, -0.2) is 32.7 Å². The Kier molecular flexibility index (Phi) is 5.63. The molecule has 0 saturated carbocycles. The van der Waals surface area contributed by atoms with E-state index in [1.165, 1.54) is 0 Å². The fourth-order valence-electron chi connectivity index (χ4n) is 3.57. The number of carbonyl (C=O) groups excluding carboxylic acids is 1. The summed E-state index contributed by atoms with van der Waals surface area (Å²) in [6.07, 6.45) is 1.70. The van der Waals surface area contributed by atoms with Gasteiger partial charge in [0.2, 0.25) is 15.9 Å². The van der Waals surface area contributed by atoms with Crippen LogP contribution in [0.1, 0.15) is 43.0 Å². The van der Waals surface area contributed by atoms with Gasteiger partial charge in [0, 0.05) is 12.0 Å². The zero-order valence-electron chi connectivity index (χ0n) is 17.5. The number of anilines is 1. The first-order valence-corrected chi connectivity index (χ1v) is 11.4. The molecule has 2 aromatic carbocycles. The molecule has 6 nitrogen and oxygen atoms in total. The molecule has 1 aliphatic rings. The number of fused-ring (bicyclic) bond motifs is 1. The van der Waals surface area contributed by atoms with Crippen molar-refractivity contribution in [3.8, 4) is 5.75 Å². The average Bonchev–Trinajstić information content (AvgIpc) is 2.58. The van der Waals surface area contributed by atoms with Crippen LogP contribution in [0, 0.1) is 13.8 Å². The molecule has 1 N–H and O–H groups in total. The van der Waals surface area contributed by atoms with Gasteiger partial charge in [-0.2, -0.15) is 0 Å². The number of ether oxygens (including phenoxy) is 1. The fourth-order valence-corrected chi connectivity index (χ4v) is 4.43. The van der Waals surface area contributed by atoms with E-state index in [-0.39, 0.29) is 18.5 Å². The maximum Gasteiger partial charge on any atom is 0.241 e. The van der Waals surface area contributed by atoms with E-state index in [0.717, 1.165) is 33.0 Å². The number of nitrogens with zero attached hydrogens (tertiary/aromatic N) is 1. The first kappa shape index (κ1) is 21.2. The monoisotopic (exact) mass is 416 g/mol. The van der Waals surface area contributed by atoms with Crippen LogP contribution in [0.15, 0.2) is 42.5 Å². The summed E-state index contributed by atoms with van der Waals surface area (Å²) in [6.45, 7) is 7.59. The molecule has 0 spiro atoms. The fraction of sp³-hybridized carbons (Fsp3) is 0.409. The van der Waals surface area contributed by atoms with Gasteiger partial charge in [-0.25, -0.2) is 8.42 Å². The highest BCUT2D eigenvalue weighted by molar-refractivity contribution is 7.92. The summed E-state index contributed by atoms with van der Waals surface area (Å²) < 4.78 is 31.8. The molecular weight excluding hydrogens is 388 g/mol. The van der Waals surface area contributed by atoms with Gasteiger partial charge in [0.15, 0.2) is 0 Å². The number of nitrogens with one attached hydrogen (secondary N) is 1. The predicted molar refractivity (Wildman–Crippen MR) is 115 cm³/mol. The standard InChI is InChI=1S/C22H28N2O4S/c1-15-6-9-17(10-7-15)24(29(5,26)27)14-21(25)23-19-13-22(3,4)28-20-12-16(2)8-11-18(19)20/h6-12,19H,13-14H2,1-5H3,(H,23,25)/t19-/m1/s1. The minimum atomic E-state index is -3.61. The van der Waals surface area contributed by atoms with E-state index < -0.39 is 15.6 Å². The van der Waals surface area contributed by atoms with Crippen LogP contribution in [0.2, 0.25) is 0 Å². The average molecular weight is 417 g/mol. The lowest BCUT2D eigenvalue weighted by atomic mass is 9.89. The second-order valence-electron chi connectivity index (χ2n) is 8.33. The van der Waals surface area contributed by atoms with Gasteiger partial charge in [-0.05, 0) is 51.5 Å². The number of carbonyl (C=O) groups is 1. The summed E-state index contributed by atoms with van der Waals surface area (Å²) in [5, 5.41) is 3.01. The Labute approximate surface area is 172 Å². The number of hydrogen-bond donors (Lipinski definition) is 1. The molecule has 0 aromatic heterocycles. The normalized spacial score (nSPS) is 17.8. The van der Waals surface area contributed by atoms with Crippen LogP contribution in [0.5, 0.6) is 5.75 Å². The van der Waals surface area contributed by atoms with Crippen molar-refractivity contribution in [2.45, 2.75) is 45.8 Å². The quantitative estimate of drug-likeness (QED) is 0.810. The van der Waals surface area contributed by atoms with E-state index in [1.54, 1.807) is 12.1 Å². The van der Waals surface area contributed by atoms with E-state index in [4.69, 9.17) is 4.74 Å². The highest BCUT2D eigenvalue weighted by Crippen LogP contribution is 2.39. The zero-order valence-corrected chi connectivity index (χ0v) is 18.3. The Bertz CT molecular complexity index is 1010. The van der Waals surface area contributed by atoms with Gasteiger partial charge < -0.3 is 10.1 Å². The molecule has 3 rings (SSSR count). The Hall–Kier alpha value is -2.54. The van der Waals surface area contributed by atoms with Crippen molar-refractivity contribution in [1.29, 1.82) is 0 Å². The van der Waals surface area contributed by atoms with Crippen LogP contribution < -0.4 is 14.4 Å². The van der Waals surface area contributed by atoms with E-state index in [1.807, 2.05) is 58.0 Å². The predicted octanol–water partition coefficient (Wildman–Crippen LogP) is 3.49. The largest absolute Gasteiger partial charge is 0.487 e. The molecule has 0 unspecified atom stereocenters. The SMILES string of the molecule is Cc1ccc(N(CC(=O)N[C@@H]2CC(C)(C)Oc3cc(C)ccc32)S(C)(=O)=O)cc1. The van der Waals surface area contributed by atoms with Crippen molar-refractivity contribution in [3.63, 3.8) is 0 Å². The van der Waals surface area contributed by atoms with Gasteiger partial charge in [-0.3, -0.25) is 9.10 Å². The third kappa shape index (κ3) is 5.09. The Balaban J connectivity index is 1.83. The van der Waals surface area contributed by atoms with E-state index in [9.17, 15) is 13.2 Å². The first-order valence-electron chi connectivity index (χ1n) is 9.58. The van der Waals surface area contributed by atoms with Crippen molar-refractivity contribution < 1.29 is 17.9 Å². The molecule has 1 heterocycles. The van der Waals surface area contributed by atoms with Crippen molar-refractivity contribution in [1.82, 2.24) is 5.32 Å². The minimum Gasteiger partial charge on any atom is -0.487 e. The lowest BCUT2D eigenvalue weighted by molar-refractivity contribution is -0.120. The molecule has 1 aliphatic heterocycles. The van der Waals surface area contributed by atoms with Gasteiger partial charge in [0.25, 0.3) is 0 Å². The molecule has 0 bridgehead atoms. The van der Waals surface area contributed by atoms with Gasteiger partial charge >= 0.3 is 0 Å². The molecule has 1 amide bonds. The Morgan fingerprint density at radius 3 is 2.38 bits per heavy atom. The first-order chi connectivity index (χ1) is 13.4. The zero-order chi connectivity index (χ0) is 21.4. The van der Waals surface area contributed by atoms with Crippen molar-refractivity contribution in [2.24, 2.45) is 0 Å². The summed E-state index contributed by atoms with van der Waals surface area (Å²) in [5.74, 6) is 0.398. The van der Waals surface area contributed by atoms with E-state index in [0.29, 0.717) is 12.1 Å². The van der Waals surface area contributed by atoms with Crippen LogP contribution in [0.25, 0.3) is 0 Å². The van der Waals surface area contributed by atoms with Crippen LogP contribution in [0.4, 0.5) is 5.69 Å². The van der Waals surface area contributed by atoms with Crippen LogP contribution in [0.3, 0.4) is 0 Å². The molecule has 0 saturated heterocycles. The Morgan fingerprint density at radius 2 is 1.76 bits per heavy atom. The third-order valence-electron chi connectivity index (χ3n) is 4.97. The van der Waals surface area contributed by atoms with Gasteiger partial charge in [0.05, 0.1) is 18.0 Å². The summed E-state index contributed by atoms with van der Waals surface area (Å²) in [7, 11) is -3.61. The molecule has 0 aliphatic carbocycles. The highest BCUT2D eigenvalue weighted by atomic mass is 32.2. The molecule has 0 fully saturated rings.